The zero-order valence-electron chi connectivity index (χ0n) is 14.2. The zero-order chi connectivity index (χ0) is 17.2. The molecule has 4 nitrogen and oxygen atoms in total. The fraction of sp³-hybridized carbons (Fsp3) is 0.368. The second kappa shape index (κ2) is 6.85. The first kappa shape index (κ1) is 16.8. The van der Waals surface area contributed by atoms with Crippen LogP contribution >= 0.6 is 0 Å². The Labute approximate surface area is 144 Å². The predicted molar refractivity (Wildman–Crippen MR) is 96.3 cm³/mol. The predicted octanol–water partition coefficient (Wildman–Crippen LogP) is 3.93. The lowest BCUT2D eigenvalue weighted by Crippen LogP contribution is -2.29. The van der Waals surface area contributed by atoms with Crippen LogP contribution in [0.3, 0.4) is 0 Å². The molecular weight excluding hydrogens is 322 g/mol. The second-order valence-electron chi connectivity index (χ2n) is 6.09. The molecule has 0 spiro atoms. The van der Waals surface area contributed by atoms with E-state index in [1.807, 2.05) is 31.2 Å². The Morgan fingerprint density at radius 2 is 1.96 bits per heavy atom. The fourth-order valence-electron chi connectivity index (χ4n) is 2.96. The third kappa shape index (κ3) is 3.13. The maximum Gasteiger partial charge on any atom is 0.264 e. The molecule has 5 heteroatoms. The molecule has 0 atom stereocenters. The van der Waals surface area contributed by atoms with Crippen LogP contribution in [0.5, 0.6) is 5.75 Å². The largest absolute Gasteiger partial charge is 0.493 e. The molecular formula is C19H23NO3S. The molecule has 1 heterocycles. The van der Waals surface area contributed by atoms with E-state index in [-0.39, 0.29) is 0 Å². The van der Waals surface area contributed by atoms with Crippen LogP contribution in [0.15, 0.2) is 47.4 Å². The number of unbranched alkanes of at least 4 members (excludes halogenated alkanes) is 1. The summed E-state index contributed by atoms with van der Waals surface area (Å²) in [5.74, 6) is 0.754. The Morgan fingerprint density at radius 1 is 1.17 bits per heavy atom. The summed E-state index contributed by atoms with van der Waals surface area (Å²) in [4.78, 5) is 0.319. The van der Waals surface area contributed by atoms with Gasteiger partial charge in [-0.05, 0) is 55.2 Å². The average Bonchev–Trinajstić information content (AvgIpc) is 3.01. The molecule has 0 saturated carbocycles. The van der Waals surface area contributed by atoms with Gasteiger partial charge in [0, 0.05) is 6.54 Å². The number of aryl methyl sites for hydroxylation is 1. The molecule has 3 rings (SSSR count). The molecule has 0 amide bonds. The summed E-state index contributed by atoms with van der Waals surface area (Å²) in [7, 11) is -3.54. The maximum atomic E-state index is 13.0. The van der Waals surface area contributed by atoms with Gasteiger partial charge in [-0.25, -0.2) is 8.42 Å². The van der Waals surface area contributed by atoms with Crippen molar-refractivity contribution >= 4 is 15.7 Å². The normalized spacial score (nSPS) is 13.8. The summed E-state index contributed by atoms with van der Waals surface area (Å²) >= 11 is 0. The van der Waals surface area contributed by atoms with Gasteiger partial charge in [0.1, 0.15) is 5.75 Å². The molecule has 0 aliphatic carbocycles. The van der Waals surface area contributed by atoms with Crippen molar-refractivity contribution in [2.45, 2.75) is 38.0 Å². The highest BCUT2D eigenvalue weighted by Gasteiger charge is 2.30. The minimum Gasteiger partial charge on any atom is -0.493 e. The quantitative estimate of drug-likeness (QED) is 0.745. The van der Waals surface area contributed by atoms with Crippen LogP contribution in [0, 0.1) is 6.92 Å². The molecule has 2 aromatic carbocycles. The van der Waals surface area contributed by atoms with Crippen molar-refractivity contribution < 1.29 is 13.2 Å². The van der Waals surface area contributed by atoms with Crippen molar-refractivity contribution in [1.82, 2.24) is 0 Å². The highest BCUT2D eigenvalue weighted by molar-refractivity contribution is 7.92. The van der Waals surface area contributed by atoms with Gasteiger partial charge in [-0.2, -0.15) is 0 Å². The molecule has 24 heavy (non-hydrogen) atoms. The van der Waals surface area contributed by atoms with Crippen molar-refractivity contribution in [3.63, 3.8) is 0 Å². The number of hydrogen-bond donors (Lipinski definition) is 0. The summed E-state index contributed by atoms with van der Waals surface area (Å²) in [6.45, 7) is 5.15. The Balaban J connectivity index is 1.87. The van der Waals surface area contributed by atoms with E-state index in [1.165, 1.54) is 4.31 Å². The first-order valence-electron chi connectivity index (χ1n) is 8.38. The number of benzene rings is 2. The number of rotatable bonds is 6. The van der Waals surface area contributed by atoms with Gasteiger partial charge in [-0.3, -0.25) is 4.31 Å². The summed E-state index contributed by atoms with van der Waals surface area (Å²) in [6.07, 6.45) is 2.82. The topological polar surface area (TPSA) is 46.6 Å². The van der Waals surface area contributed by atoms with Gasteiger partial charge in [-0.15, -0.1) is 0 Å². The van der Waals surface area contributed by atoms with E-state index >= 15 is 0 Å². The Bertz CT molecular complexity index is 830. The van der Waals surface area contributed by atoms with E-state index in [9.17, 15) is 8.42 Å². The van der Waals surface area contributed by atoms with Gasteiger partial charge in [0.05, 0.1) is 17.2 Å². The van der Waals surface area contributed by atoms with Gasteiger partial charge in [0.25, 0.3) is 10.0 Å². The number of anilines is 1. The fourth-order valence-corrected chi connectivity index (χ4v) is 4.54. The molecule has 0 fully saturated rings. The minimum absolute atomic E-state index is 0.319. The first-order valence-corrected chi connectivity index (χ1v) is 9.82. The van der Waals surface area contributed by atoms with E-state index in [2.05, 4.69) is 6.92 Å². The SMILES string of the molecule is CCCCOc1ccc(S(=O)(=O)N2CCc3ccccc32)cc1C. The van der Waals surface area contributed by atoms with Crippen LogP contribution in [0.25, 0.3) is 0 Å². The Kier molecular flexibility index (Phi) is 4.81. The molecule has 0 aromatic heterocycles. The summed E-state index contributed by atoms with van der Waals surface area (Å²) in [5, 5.41) is 0. The third-order valence-corrected chi connectivity index (χ3v) is 6.14. The van der Waals surface area contributed by atoms with Crippen molar-refractivity contribution in [1.29, 1.82) is 0 Å². The maximum absolute atomic E-state index is 13.0. The standard InChI is InChI=1S/C19H23NO3S/c1-3-4-13-23-19-10-9-17(14-15(19)2)24(21,22)20-12-11-16-7-5-6-8-18(16)20/h5-10,14H,3-4,11-13H2,1-2H3. The highest BCUT2D eigenvalue weighted by atomic mass is 32.2. The summed E-state index contributed by atoms with van der Waals surface area (Å²) < 4.78 is 33.2. The number of sulfonamides is 1. The molecule has 128 valence electrons. The molecule has 1 aliphatic rings. The van der Waals surface area contributed by atoms with Crippen LogP contribution in [0.1, 0.15) is 30.9 Å². The number of para-hydroxylation sites is 1. The second-order valence-corrected chi connectivity index (χ2v) is 7.95. The molecule has 2 aromatic rings. The van der Waals surface area contributed by atoms with E-state index in [4.69, 9.17) is 4.74 Å². The van der Waals surface area contributed by atoms with Crippen molar-refractivity contribution in [3.05, 3.63) is 53.6 Å². The first-order chi connectivity index (χ1) is 11.5. The molecule has 0 unspecified atom stereocenters. The van der Waals surface area contributed by atoms with Crippen LogP contribution in [-0.4, -0.2) is 21.6 Å². The van der Waals surface area contributed by atoms with Crippen molar-refractivity contribution in [2.24, 2.45) is 0 Å². The van der Waals surface area contributed by atoms with E-state index in [0.717, 1.165) is 41.8 Å². The highest BCUT2D eigenvalue weighted by Crippen LogP contribution is 2.33. The summed E-state index contributed by atoms with van der Waals surface area (Å²) in [6, 6.07) is 12.8. The summed E-state index contributed by atoms with van der Waals surface area (Å²) in [5.41, 5.74) is 2.72. The lowest BCUT2D eigenvalue weighted by molar-refractivity contribution is 0.307. The number of nitrogens with zero attached hydrogens (tertiary/aromatic N) is 1. The molecule has 0 saturated heterocycles. The molecule has 0 radical (unpaired) electrons. The average molecular weight is 345 g/mol. The lowest BCUT2D eigenvalue weighted by atomic mass is 10.2. The number of hydrogen-bond acceptors (Lipinski definition) is 3. The Morgan fingerprint density at radius 3 is 2.71 bits per heavy atom. The number of ether oxygens (including phenoxy) is 1. The molecule has 0 bridgehead atoms. The van der Waals surface area contributed by atoms with Crippen molar-refractivity contribution in [2.75, 3.05) is 17.5 Å². The van der Waals surface area contributed by atoms with E-state index in [0.29, 0.717) is 18.0 Å². The van der Waals surface area contributed by atoms with Crippen LogP contribution < -0.4 is 9.04 Å². The van der Waals surface area contributed by atoms with Gasteiger partial charge < -0.3 is 4.74 Å². The van der Waals surface area contributed by atoms with Crippen LogP contribution in [0.2, 0.25) is 0 Å². The minimum atomic E-state index is -3.54. The third-order valence-electron chi connectivity index (χ3n) is 4.33. The lowest BCUT2D eigenvalue weighted by Gasteiger charge is -2.20. The monoisotopic (exact) mass is 345 g/mol. The van der Waals surface area contributed by atoms with Crippen molar-refractivity contribution in [3.8, 4) is 5.75 Å². The molecule has 1 aliphatic heterocycles. The number of fused-ring (bicyclic) bond motifs is 1. The van der Waals surface area contributed by atoms with E-state index < -0.39 is 10.0 Å². The van der Waals surface area contributed by atoms with Gasteiger partial charge in [0.2, 0.25) is 0 Å². The van der Waals surface area contributed by atoms with Gasteiger partial charge in [-0.1, -0.05) is 31.5 Å². The van der Waals surface area contributed by atoms with Gasteiger partial charge >= 0.3 is 0 Å². The Hall–Kier alpha value is -2.01. The smallest absolute Gasteiger partial charge is 0.264 e. The van der Waals surface area contributed by atoms with E-state index in [1.54, 1.807) is 18.2 Å². The van der Waals surface area contributed by atoms with Gasteiger partial charge in [0.15, 0.2) is 0 Å². The van der Waals surface area contributed by atoms with Crippen LogP contribution in [0.4, 0.5) is 5.69 Å². The van der Waals surface area contributed by atoms with Crippen LogP contribution in [-0.2, 0) is 16.4 Å². The zero-order valence-corrected chi connectivity index (χ0v) is 15.0. The molecule has 0 N–H and O–H groups in total.